The van der Waals surface area contributed by atoms with E-state index in [1.807, 2.05) is 29.1 Å². The highest BCUT2D eigenvalue weighted by Crippen LogP contribution is 2.35. The van der Waals surface area contributed by atoms with E-state index in [1.165, 1.54) is 5.56 Å². The normalized spacial score (nSPS) is 21.5. The molecule has 7 heteroatoms. The number of nitrogens with zero attached hydrogens (tertiary/aromatic N) is 2. The zero-order valence-corrected chi connectivity index (χ0v) is 17.0. The lowest BCUT2D eigenvalue weighted by Gasteiger charge is -2.38. The number of rotatable bonds is 6. The molecule has 0 saturated carbocycles. The lowest BCUT2D eigenvalue weighted by Crippen LogP contribution is -2.44. The zero-order valence-electron chi connectivity index (χ0n) is 17.0. The molecule has 2 aliphatic rings. The second-order valence-electron chi connectivity index (χ2n) is 7.99. The molecule has 4 rings (SSSR count). The molecular weight excluding hydrogens is 368 g/mol. The van der Waals surface area contributed by atoms with E-state index in [2.05, 4.69) is 27.9 Å². The van der Waals surface area contributed by atoms with Crippen molar-refractivity contribution in [3.63, 3.8) is 0 Å². The first kappa shape index (κ1) is 19.9. The van der Waals surface area contributed by atoms with Crippen LogP contribution < -0.4 is 15.4 Å². The van der Waals surface area contributed by atoms with E-state index in [4.69, 9.17) is 9.47 Å². The van der Waals surface area contributed by atoms with Gasteiger partial charge >= 0.3 is 0 Å². The van der Waals surface area contributed by atoms with Gasteiger partial charge in [0.1, 0.15) is 11.4 Å². The molecule has 0 spiro atoms. The average Bonchev–Trinajstić information content (AvgIpc) is 3.29. The minimum atomic E-state index is -0.129. The molecule has 0 bridgehead atoms. The molecule has 2 saturated heterocycles. The van der Waals surface area contributed by atoms with Crippen LogP contribution in [0.2, 0.25) is 0 Å². The Bertz CT molecular complexity index is 806. The molecule has 0 radical (unpaired) electrons. The molecule has 2 fully saturated rings. The van der Waals surface area contributed by atoms with E-state index >= 15 is 0 Å². The van der Waals surface area contributed by atoms with Gasteiger partial charge in [-0.25, -0.2) is 0 Å². The van der Waals surface area contributed by atoms with Crippen LogP contribution in [0.4, 0.5) is 0 Å². The predicted octanol–water partition coefficient (Wildman–Crippen LogP) is 2.29. The van der Waals surface area contributed by atoms with Crippen LogP contribution in [0.25, 0.3) is 0 Å². The first-order valence-corrected chi connectivity index (χ1v) is 10.5. The molecule has 1 atom stereocenters. The quantitative estimate of drug-likeness (QED) is 0.781. The number of ether oxygens (including phenoxy) is 2. The summed E-state index contributed by atoms with van der Waals surface area (Å²) in [5.74, 6) is 0.717. The van der Waals surface area contributed by atoms with E-state index in [0.29, 0.717) is 31.5 Å². The predicted molar refractivity (Wildman–Crippen MR) is 110 cm³/mol. The van der Waals surface area contributed by atoms with Gasteiger partial charge in [0.25, 0.3) is 5.91 Å². The Labute approximate surface area is 171 Å². The summed E-state index contributed by atoms with van der Waals surface area (Å²) in [7, 11) is 1.67. The molecule has 7 nitrogen and oxygen atoms in total. The molecule has 156 valence electrons. The maximum Gasteiger partial charge on any atom is 0.271 e. The summed E-state index contributed by atoms with van der Waals surface area (Å²) in [4.78, 5) is 12.8. The number of nitrogens with one attached hydrogen (secondary N) is 2. The fraction of sp³-hybridized carbons (Fsp3) is 0.545. The van der Waals surface area contributed by atoms with Crippen LogP contribution in [-0.2, 0) is 10.2 Å². The van der Waals surface area contributed by atoms with Crippen LogP contribution >= 0.6 is 0 Å². The topological polar surface area (TPSA) is 77.4 Å². The summed E-state index contributed by atoms with van der Waals surface area (Å²) in [5.41, 5.74) is 1.56. The Balaban J connectivity index is 1.44. The Kier molecular flexibility index (Phi) is 6.16. The first-order valence-electron chi connectivity index (χ1n) is 10.5. The van der Waals surface area contributed by atoms with Gasteiger partial charge in [0, 0.05) is 37.9 Å². The van der Waals surface area contributed by atoms with Crippen molar-refractivity contribution in [1.82, 2.24) is 20.4 Å². The van der Waals surface area contributed by atoms with Crippen LogP contribution in [-0.4, -0.2) is 55.6 Å². The maximum atomic E-state index is 12.8. The Morgan fingerprint density at radius 3 is 2.79 bits per heavy atom. The van der Waals surface area contributed by atoms with Crippen molar-refractivity contribution in [2.75, 3.05) is 40.0 Å². The van der Waals surface area contributed by atoms with E-state index in [0.717, 1.165) is 44.5 Å². The third-order valence-corrected chi connectivity index (χ3v) is 6.23. The number of benzene rings is 1. The van der Waals surface area contributed by atoms with Crippen molar-refractivity contribution in [3.05, 3.63) is 47.8 Å². The molecule has 29 heavy (non-hydrogen) atoms. The van der Waals surface area contributed by atoms with Gasteiger partial charge in [0.2, 0.25) is 0 Å². The van der Waals surface area contributed by atoms with E-state index in [9.17, 15) is 4.79 Å². The van der Waals surface area contributed by atoms with Crippen molar-refractivity contribution >= 4 is 5.91 Å². The molecule has 1 amide bonds. The van der Waals surface area contributed by atoms with Gasteiger partial charge in [-0.3, -0.25) is 9.48 Å². The van der Waals surface area contributed by atoms with E-state index in [1.54, 1.807) is 7.11 Å². The average molecular weight is 399 g/mol. The Morgan fingerprint density at radius 2 is 2.10 bits per heavy atom. The zero-order chi connectivity index (χ0) is 20.1. The molecule has 1 unspecified atom stereocenters. The van der Waals surface area contributed by atoms with E-state index < -0.39 is 0 Å². The fourth-order valence-electron chi connectivity index (χ4n) is 4.34. The molecule has 0 aliphatic carbocycles. The molecule has 2 aliphatic heterocycles. The molecule has 1 aromatic heterocycles. The number of amides is 1. The van der Waals surface area contributed by atoms with Crippen LogP contribution in [0, 0.1) is 0 Å². The summed E-state index contributed by atoms with van der Waals surface area (Å²) in [6, 6.07) is 10.3. The second-order valence-corrected chi connectivity index (χ2v) is 7.99. The largest absolute Gasteiger partial charge is 0.497 e. The number of methoxy groups -OCH3 is 1. The van der Waals surface area contributed by atoms with Gasteiger partial charge in [-0.1, -0.05) is 12.1 Å². The smallest absolute Gasteiger partial charge is 0.271 e. The number of carbonyl (C=O) groups is 1. The molecule has 2 aromatic rings. The highest BCUT2D eigenvalue weighted by Gasteiger charge is 2.35. The van der Waals surface area contributed by atoms with Gasteiger partial charge in [-0.15, -0.1) is 0 Å². The van der Waals surface area contributed by atoms with Crippen molar-refractivity contribution in [3.8, 4) is 5.75 Å². The minimum Gasteiger partial charge on any atom is -0.497 e. The van der Waals surface area contributed by atoms with Crippen molar-refractivity contribution in [2.45, 2.75) is 37.1 Å². The van der Waals surface area contributed by atoms with Gasteiger partial charge in [0.15, 0.2) is 0 Å². The number of hydrogen-bond donors (Lipinski definition) is 2. The maximum absolute atomic E-state index is 12.8. The number of piperidine rings is 1. The molecular formula is C22H30N4O3. The Morgan fingerprint density at radius 1 is 1.31 bits per heavy atom. The summed E-state index contributed by atoms with van der Waals surface area (Å²) in [6.07, 6.45) is 5.90. The standard InChI is InChI=1S/C22H30N4O3/c1-28-19-6-4-17(5-7-19)22(9-13-29-14-10-22)16-24-21(27)20-8-12-26(25-20)18-3-2-11-23-15-18/h4-8,12,18,23H,2-3,9-11,13-16H2,1H3,(H,24,27). The van der Waals surface area contributed by atoms with Gasteiger partial charge < -0.3 is 20.1 Å². The van der Waals surface area contributed by atoms with Crippen LogP contribution in [0.3, 0.4) is 0 Å². The molecule has 3 heterocycles. The minimum absolute atomic E-state index is 0.119. The second kappa shape index (κ2) is 8.97. The lowest BCUT2D eigenvalue weighted by atomic mass is 9.74. The van der Waals surface area contributed by atoms with Crippen LogP contribution in [0.15, 0.2) is 36.5 Å². The summed E-state index contributed by atoms with van der Waals surface area (Å²) in [5, 5.41) is 11.1. The van der Waals surface area contributed by atoms with Crippen molar-refractivity contribution in [2.24, 2.45) is 0 Å². The first-order chi connectivity index (χ1) is 14.2. The molecule has 2 N–H and O–H groups in total. The van der Waals surface area contributed by atoms with E-state index in [-0.39, 0.29) is 11.3 Å². The number of aromatic nitrogens is 2. The fourth-order valence-corrected chi connectivity index (χ4v) is 4.34. The van der Waals surface area contributed by atoms with Gasteiger partial charge in [0.05, 0.1) is 13.2 Å². The van der Waals surface area contributed by atoms with Crippen LogP contribution in [0.1, 0.15) is 47.8 Å². The molecule has 1 aromatic carbocycles. The number of carbonyl (C=O) groups excluding carboxylic acids is 1. The van der Waals surface area contributed by atoms with Gasteiger partial charge in [-0.05, 0) is 56.0 Å². The summed E-state index contributed by atoms with van der Waals surface area (Å²) >= 11 is 0. The number of hydrogen-bond acceptors (Lipinski definition) is 5. The highest BCUT2D eigenvalue weighted by atomic mass is 16.5. The van der Waals surface area contributed by atoms with Crippen molar-refractivity contribution < 1.29 is 14.3 Å². The Hall–Kier alpha value is -2.38. The third-order valence-electron chi connectivity index (χ3n) is 6.23. The lowest BCUT2D eigenvalue weighted by molar-refractivity contribution is 0.0486. The summed E-state index contributed by atoms with van der Waals surface area (Å²) in [6.45, 7) is 3.93. The SMILES string of the molecule is COc1ccc(C2(CNC(=O)c3ccn(C4CCCNC4)n3)CCOCC2)cc1. The van der Waals surface area contributed by atoms with Gasteiger partial charge in [-0.2, -0.15) is 5.10 Å². The third kappa shape index (κ3) is 4.46. The highest BCUT2D eigenvalue weighted by molar-refractivity contribution is 5.92. The summed E-state index contributed by atoms with van der Waals surface area (Å²) < 4.78 is 12.8. The monoisotopic (exact) mass is 398 g/mol. The van der Waals surface area contributed by atoms with Crippen LogP contribution in [0.5, 0.6) is 5.75 Å². The van der Waals surface area contributed by atoms with Crippen molar-refractivity contribution in [1.29, 1.82) is 0 Å².